The molecular weight excluding hydrogens is 520 g/mol. The summed E-state index contributed by atoms with van der Waals surface area (Å²) in [5, 5.41) is 1.85. The van der Waals surface area contributed by atoms with E-state index < -0.39 is 11.2 Å². The molecule has 8 nitrogen and oxygen atoms in total. The second-order valence-corrected chi connectivity index (χ2v) is 11.0. The van der Waals surface area contributed by atoms with E-state index in [1.807, 2.05) is 32.2 Å². The monoisotopic (exact) mass is 546 g/mol. The highest BCUT2D eigenvalue weighted by Gasteiger charge is 2.61. The summed E-state index contributed by atoms with van der Waals surface area (Å²) in [5.41, 5.74) is 14.4. The van der Waals surface area contributed by atoms with E-state index in [4.69, 9.17) is 27.4 Å². The molecule has 0 amide bonds. The lowest BCUT2D eigenvalue weighted by Crippen LogP contribution is -2.35. The first kappa shape index (κ1) is 23.2. The van der Waals surface area contributed by atoms with Crippen LogP contribution in [0.25, 0.3) is 21.9 Å². The zero-order valence-corrected chi connectivity index (χ0v) is 21.7. The van der Waals surface area contributed by atoms with Crippen LogP contribution in [0.15, 0.2) is 47.3 Å². The fraction of sp³-hybridized carbons (Fsp3) is 0.370. The summed E-state index contributed by atoms with van der Waals surface area (Å²) >= 11 is 3.45. The Morgan fingerprint density at radius 1 is 1.17 bits per heavy atom. The van der Waals surface area contributed by atoms with E-state index in [1.54, 1.807) is 0 Å². The van der Waals surface area contributed by atoms with Crippen molar-refractivity contribution in [2.45, 2.75) is 57.1 Å². The Balaban J connectivity index is 1.34. The number of ether oxygens (including phenoxy) is 2. The maximum absolute atomic E-state index is 6.46. The standard InChI is InChI=1S/C27H27BrN6O2/c1-4-27(9-7-15-5-6-16-12-18(28)24(30)33-19(16)11-15)13-20(21-22(27)36-26(2,3)35-21)34-10-8-17-23(29)31-14-32-25(17)34/h1,5-6,8,10-12,14,20-22H,7,9,13H2,2-3H3,(H2,30,33)(H2,29,31,32)/t20-,21+,22+,27+/m1/s1. The second kappa shape index (κ2) is 8.17. The topological polar surface area (TPSA) is 114 Å². The third kappa shape index (κ3) is 3.63. The van der Waals surface area contributed by atoms with Gasteiger partial charge in [0.25, 0.3) is 0 Å². The maximum Gasteiger partial charge on any atom is 0.163 e. The van der Waals surface area contributed by atoms with E-state index in [2.05, 4.69) is 59.6 Å². The van der Waals surface area contributed by atoms with Crippen molar-refractivity contribution in [3.05, 3.63) is 52.9 Å². The highest BCUT2D eigenvalue weighted by atomic mass is 79.9. The number of halogens is 1. The van der Waals surface area contributed by atoms with Crippen LogP contribution in [0.4, 0.5) is 11.6 Å². The van der Waals surface area contributed by atoms with Crippen molar-refractivity contribution in [1.29, 1.82) is 0 Å². The van der Waals surface area contributed by atoms with E-state index in [0.29, 0.717) is 18.1 Å². The van der Waals surface area contributed by atoms with E-state index in [9.17, 15) is 0 Å². The zero-order chi connectivity index (χ0) is 25.2. The van der Waals surface area contributed by atoms with Crippen LogP contribution in [-0.2, 0) is 15.9 Å². The Bertz CT molecular complexity index is 1540. The third-order valence-electron chi connectivity index (χ3n) is 7.53. The minimum absolute atomic E-state index is 0.0463. The number of pyridine rings is 1. The molecule has 0 spiro atoms. The molecule has 184 valence electrons. The number of hydrogen-bond acceptors (Lipinski definition) is 7. The van der Waals surface area contributed by atoms with Crippen LogP contribution in [0.3, 0.4) is 0 Å². The number of nitrogens with zero attached hydrogens (tertiary/aromatic N) is 4. The zero-order valence-electron chi connectivity index (χ0n) is 20.1. The number of benzene rings is 1. The Morgan fingerprint density at radius 2 is 2.00 bits per heavy atom. The molecule has 6 rings (SSSR count). The molecule has 1 saturated carbocycles. The Morgan fingerprint density at radius 3 is 2.81 bits per heavy atom. The van der Waals surface area contributed by atoms with Gasteiger partial charge in [-0.15, -0.1) is 6.42 Å². The van der Waals surface area contributed by atoms with Gasteiger partial charge in [-0.05, 0) is 72.8 Å². The predicted molar refractivity (Wildman–Crippen MR) is 143 cm³/mol. The molecule has 1 aliphatic carbocycles. The van der Waals surface area contributed by atoms with Crippen molar-refractivity contribution in [2.75, 3.05) is 11.5 Å². The predicted octanol–water partition coefficient (Wildman–Crippen LogP) is 4.62. The van der Waals surface area contributed by atoms with Gasteiger partial charge < -0.3 is 25.5 Å². The number of rotatable bonds is 4. The molecule has 4 heterocycles. The van der Waals surface area contributed by atoms with Gasteiger partial charge in [0.05, 0.1) is 26.8 Å². The van der Waals surface area contributed by atoms with Gasteiger partial charge in [-0.3, -0.25) is 0 Å². The largest absolute Gasteiger partial charge is 0.383 e. The normalized spacial score (nSPS) is 26.9. The molecule has 3 aromatic heterocycles. The molecule has 2 aliphatic rings. The summed E-state index contributed by atoms with van der Waals surface area (Å²) in [4.78, 5) is 13.2. The SMILES string of the molecule is C#C[C@]1(CCc2ccc3cc(Br)c(N)nc3c2)C[C@@H](n2ccc3c(N)ncnc32)[C@@H]2OC(C)(C)O[C@@H]21. The van der Waals surface area contributed by atoms with Crippen LogP contribution in [0.1, 0.15) is 38.3 Å². The molecule has 4 aromatic rings. The minimum Gasteiger partial charge on any atom is -0.383 e. The Hall–Kier alpha value is -3.19. The quantitative estimate of drug-likeness (QED) is 0.359. The number of hydrogen-bond donors (Lipinski definition) is 2. The summed E-state index contributed by atoms with van der Waals surface area (Å²) in [7, 11) is 0. The number of nitrogen functional groups attached to an aromatic ring is 2. The van der Waals surface area contributed by atoms with Crippen molar-refractivity contribution in [2.24, 2.45) is 5.41 Å². The maximum atomic E-state index is 6.46. The van der Waals surface area contributed by atoms with Crippen molar-refractivity contribution in [1.82, 2.24) is 19.5 Å². The Kier molecular flexibility index (Phi) is 5.27. The number of terminal acetylenes is 1. The summed E-state index contributed by atoms with van der Waals surface area (Å²) in [5.74, 6) is 3.34. The first-order valence-electron chi connectivity index (χ1n) is 11.9. The lowest BCUT2D eigenvalue weighted by atomic mass is 9.79. The van der Waals surface area contributed by atoms with Crippen molar-refractivity contribution >= 4 is 49.5 Å². The first-order valence-corrected chi connectivity index (χ1v) is 12.7. The highest BCUT2D eigenvalue weighted by molar-refractivity contribution is 9.10. The van der Waals surface area contributed by atoms with Gasteiger partial charge in [0.2, 0.25) is 0 Å². The van der Waals surface area contributed by atoms with E-state index in [0.717, 1.165) is 44.8 Å². The van der Waals surface area contributed by atoms with Crippen LogP contribution in [0, 0.1) is 17.8 Å². The summed E-state index contributed by atoms with van der Waals surface area (Å²) in [6.45, 7) is 3.88. The molecule has 0 radical (unpaired) electrons. The average molecular weight is 547 g/mol. The number of anilines is 2. The van der Waals surface area contributed by atoms with Crippen LogP contribution < -0.4 is 11.5 Å². The molecule has 0 bridgehead atoms. The third-order valence-corrected chi connectivity index (χ3v) is 8.17. The van der Waals surface area contributed by atoms with Crippen molar-refractivity contribution in [3.8, 4) is 12.3 Å². The molecule has 0 unspecified atom stereocenters. The van der Waals surface area contributed by atoms with Gasteiger partial charge in [0, 0.05) is 11.6 Å². The molecule has 1 aliphatic heterocycles. The van der Waals surface area contributed by atoms with Crippen molar-refractivity contribution in [3.63, 3.8) is 0 Å². The van der Waals surface area contributed by atoms with Gasteiger partial charge >= 0.3 is 0 Å². The number of aromatic nitrogens is 4. The molecule has 4 atom stereocenters. The fourth-order valence-corrected chi connectivity index (χ4v) is 6.14. The molecule has 9 heteroatoms. The number of aryl methyl sites for hydroxylation is 1. The lowest BCUT2D eigenvalue weighted by molar-refractivity contribution is -0.165. The van der Waals surface area contributed by atoms with Crippen LogP contribution >= 0.6 is 15.9 Å². The summed E-state index contributed by atoms with van der Waals surface area (Å²) < 4.78 is 15.8. The van der Waals surface area contributed by atoms with Gasteiger partial charge in [-0.2, -0.15) is 0 Å². The molecular formula is C27H27BrN6O2. The molecule has 4 N–H and O–H groups in total. The molecule has 36 heavy (non-hydrogen) atoms. The average Bonchev–Trinajstić information content (AvgIpc) is 3.49. The molecule has 1 aromatic carbocycles. The highest BCUT2D eigenvalue weighted by Crippen LogP contribution is 2.55. The second-order valence-electron chi connectivity index (χ2n) is 10.2. The van der Waals surface area contributed by atoms with Crippen LogP contribution in [-0.4, -0.2) is 37.5 Å². The van der Waals surface area contributed by atoms with Gasteiger partial charge in [-0.1, -0.05) is 18.1 Å². The smallest absolute Gasteiger partial charge is 0.163 e. The van der Waals surface area contributed by atoms with E-state index in [-0.39, 0.29) is 18.2 Å². The van der Waals surface area contributed by atoms with E-state index >= 15 is 0 Å². The van der Waals surface area contributed by atoms with Crippen molar-refractivity contribution < 1.29 is 9.47 Å². The summed E-state index contributed by atoms with van der Waals surface area (Å²) in [6.07, 6.45) is 11.5. The van der Waals surface area contributed by atoms with Gasteiger partial charge in [0.15, 0.2) is 5.79 Å². The van der Waals surface area contributed by atoms with Crippen LogP contribution in [0.2, 0.25) is 0 Å². The van der Waals surface area contributed by atoms with E-state index in [1.165, 1.54) is 6.33 Å². The number of nitrogens with two attached hydrogens (primary N) is 2. The first-order chi connectivity index (χ1) is 17.2. The summed E-state index contributed by atoms with van der Waals surface area (Å²) in [6, 6.07) is 10.2. The molecule has 1 saturated heterocycles. The lowest BCUT2D eigenvalue weighted by Gasteiger charge is -2.31. The van der Waals surface area contributed by atoms with Gasteiger partial charge in [-0.25, -0.2) is 15.0 Å². The Labute approximate surface area is 217 Å². The minimum atomic E-state index is -0.731. The fourth-order valence-electron chi connectivity index (χ4n) is 5.80. The van der Waals surface area contributed by atoms with Gasteiger partial charge in [0.1, 0.15) is 35.8 Å². The number of fused-ring (bicyclic) bond motifs is 3. The van der Waals surface area contributed by atoms with Crippen LogP contribution in [0.5, 0.6) is 0 Å². The molecule has 2 fully saturated rings.